The van der Waals surface area contributed by atoms with E-state index < -0.39 is 9.84 Å². The fraction of sp³-hybridized carbons (Fsp3) is 0.375. The van der Waals surface area contributed by atoms with Gasteiger partial charge in [-0.05, 0) is 12.1 Å². The van der Waals surface area contributed by atoms with Crippen molar-refractivity contribution in [1.29, 1.82) is 0 Å². The lowest BCUT2D eigenvalue weighted by Crippen LogP contribution is -2.20. The van der Waals surface area contributed by atoms with E-state index in [0.717, 1.165) is 6.26 Å². The van der Waals surface area contributed by atoms with Gasteiger partial charge in [0.1, 0.15) is 5.82 Å². The quantitative estimate of drug-likeness (QED) is 0.738. The second-order valence-corrected chi connectivity index (χ2v) is 5.17. The SMILES string of the molecule is CN(C)Nc1ccc(S(C)(=O)=O)cn1. The average Bonchev–Trinajstić information content (AvgIpc) is 2.02. The summed E-state index contributed by atoms with van der Waals surface area (Å²) in [7, 11) is 0.499. The van der Waals surface area contributed by atoms with Gasteiger partial charge < -0.3 is 5.43 Å². The van der Waals surface area contributed by atoms with Gasteiger partial charge in [0.2, 0.25) is 0 Å². The van der Waals surface area contributed by atoms with Crippen molar-refractivity contribution in [3.8, 4) is 0 Å². The number of anilines is 1. The Balaban J connectivity index is 2.90. The summed E-state index contributed by atoms with van der Waals surface area (Å²) in [5.41, 5.74) is 2.91. The van der Waals surface area contributed by atoms with Crippen LogP contribution in [-0.4, -0.2) is 38.8 Å². The molecule has 1 rings (SSSR count). The van der Waals surface area contributed by atoms with E-state index in [1.165, 1.54) is 12.3 Å². The van der Waals surface area contributed by atoms with Crippen LogP contribution in [0.25, 0.3) is 0 Å². The minimum atomic E-state index is -3.15. The maximum absolute atomic E-state index is 11.1. The second kappa shape index (κ2) is 3.93. The van der Waals surface area contributed by atoms with E-state index in [1.54, 1.807) is 11.1 Å². The summed E-state index contributed by atoms with van der Waals surface area (Å²) >= 11 is 0. The molecule has 0 aliphatic heterocycles. The summed E-state index contributed by atoms with van der Waals surface area (Å²) in [6, 6.07) is 3.14. The number of hydrazine groups is 1. The number of hydrogen-bond donors (Lipinski definition) is 1. The molecule has 0 spiro atoms. The second-order valence-electron chi connectivity index (χ2n) is 3.16. The monoisotopic (exact) mass is 215 g/mol. The molecule has 1 N–H and O–H groups in total. The van der Waals surface area contributed by atoms with Gasteiger partial charge >= 0.3 is 0 Å². The zero-order valence-corrected chi connectivity index (χ0v) is 9.17. The Labute approximate surface area is 83.7 Å². The van der Waals surface area contributed by atoms with Crippen LogP contribution in [0.5, 0.6) is 0 Å². The van der Waals surface area contributed by atoms with Gasteiger partial charge in [-0.2, -0.15) is 0 Å². The van der Waals surface area contributed by atoms with E-state index in [0.29, 0.717) is 5.82 Å². The first-order valence-electron chi connectivity index (χ1n) is 3.99. The average molecular weight is 215 g/mol. The van der Waals surface area contributed by atoms with E-state index >= 15 is 0 Å². The Morgan fingerprint density at radius 2 is 2.00 bits per heavy atom. The van der Waals surface area contributed by atoms with Crippen LogP contribution in [0.4, 0.5) is 5.82 Å². The Kier molecular flexibility index (Phi) is 3.07. The van der Waals surface area contributed by atoms with Crippen molar-refractivity contribution < 1.29 is 8.42 Å². The summed E-state index contributed by atoms with van der Waals surface area (Å²) in [6.07, 6.45) is 2.49. The van der Waals surface area contributed by atoms with Crippen molar-refractivity contribution in [2.45, 2.75) is 4.90 Å². The zero-order valence-electron chi connectivity index (χ0n) is 8.35. The summed E-state index contributed by atoms with van der Waals surface area (Å²) in [5, 5.41) is 1.72. The molecule has 0 aliphatic carbocycles. The van der Waals surface area contributed by atoms with Crippen LogP contribution in [0, 0.1) is 0 Å². The Bertz CT molecular complexity index is 397. The van der Waals surface area contributed by atoms with Crippen LogP contribution >= 0.6 is 0 Å². The first kappa shape index (κ1) is 10.9. The van der Waals surface area contributed by atoms with E-state index in [1.807, 2.05) is 14.1 Å². The third kappa shape index (κ3) is 2.97. The number of nitrogens with zero attached hydrogens (tertiary/aromatic N) is 2. The third-order valence-corrected chi connectivity index (χ3v) is 2.60. The smallest absolute Gasteiger partial charge is 0.177 e. The number of nitrogens with one attached hydrogen (secondary N) is 1. The maximum Gasteiger partial charge on any atom is 0.177 e. The van der Waals surface area contributed by atoms with E-state index in [4.69, 9.17) is 0 Å². The molecular weight excluding hydrogens is 202 g/mol. The number of aromatic nitrogens is 1. The Morgan fingerprint density at radius 1 is 1.36 bits per heavy atom. The first-order valence-corrected chi connectivity index (χ1v) is 5.89. The van der Waals surface area contributed by atoms with Crippen molar-refractivity contribution in [2.75, 3.05) is 25.8 Å². The summed E-state index contributed by atoms with van der Waals surface area (Å²) in [5.74, 6) is 0.613. The highest BCUT2D eigenvalue weighted by molar-refractivity contribution is 7.90. The summed E-state index contributed by atoms with van der Waals surface area (Å²) in [4.78, 5) is 4.18. The lowest BCUT2D eigenvalue weighted by molar-refractivity contribution is 0.492. The lowest BCUT2D eigenvalue weighted by atomic mass is 10.5. The molecule has 78 valence electrons. The van der Waals surface area contributed by atoms with E-state index in [9.17, 15) is 8.42 Å². The third-order valence-electron chi connectivity index (χ3n) is 1.50. The molecule has 0 bridgehead atoms. The van der Waals surface area contributed by atoms with Gasteiger partial charge in [0.05, 0.1) is 4.90 Å². The molecular formula is C8H13N3O2S. The first-order chi connectivity index (χ1) is 6.39. The largest absolute Gasteiger partial charge is 0.304 e. The topological polar surface area (TPSA) is 62.3 Å². The van der Waals surface area contributed by atoms with E-state index in [-0.39, 0.29) is 4.90 Å². The summed E-state index contributed by atoms with van der Waals surface area (Å²) in [6.45, 7) is 0. The Morgan fingerprint density at radius 3 is 2.36 bits per heavy atom. The molecule has 1 heterocycles. The van der Waals surface area contributed by atoms with Crippen molar-refractivity contribution >= 4 is 15.7 Å². The van der Waals surface area contributed by atoms with Crippen LogP contribution in [0.15, 0.2) is 23.2 Å². The molecule has 0 atom stereocenters. The van der Waals surface area contributed by atoms with Gasteiger partial charge in [0.15, 0.2) is 9.84 Å². The van der Waals surface area contributed by atoms with Crippen LogP contribution in [0.3, 0.4) is 0 Å². The number of hydrogen-bond acceptors (Lipinski definition) is 5. The van der Waals surface area contributed by atoms with E-state index in [2.05, 4.69) is 10.4 Å². The highest BCUT2D eigenvalue weighted by Crippen LogP contribution is 2.09. The van der Waals surface area contributed by atoms with Crippen LogP contribution in [0.2, 0.25) is 0 Å². The molecule has 0 aromatic carbocycles. The number of rotatable bonds is 3. The Hall–Kier alpha value is -1.14. The van der Waals surface area contributed by atoms with Crippen LogP contribution < -0.4 is 5.43 Å². The van der Waals surface area contributed by atoms with Crippen molar-refractivity contribution in [1.82, 2.24) is 9.99 Å². The molecule has 0 aliphatic rings. The molecule has 14 heavy (non-hydrogen) atoms. The fourth-order valence-corrected chi connectivity index (χ4v) is 1.45. The highest BCUT2D eigenvalue weighted by Gasteiger charge is 2.06. The minimum Gasteiger partial charge on any atom is -0.304 e. The molecule has 5 nitrogen and oxygen atoms in total. The van der Waals surface area contributed by atoms with Gasteiger partial charge in [-0.25, -0.2) is 18.4 Å². The molecule has 0 saturated heterocycles. The molecule has 0 saturated carbocycles. The lowest BCUT2D eigenvalue weighted by Gasteiger charge is -2.12. The number of pyridine rings is 1. The van der Waals surface area contributed by atoms with Gasteiger partial charge in [0.25, 0.3) is 0 Å². The summed E-state index contributed by atoms with van der Waals surface area (Å²) < 4.78 is 22.2. The molecule has 0 amide bonds. The number of sulfone groups is 1. The highest BCUT2D eigenvalue weighted by atomic mass is 32.2. The van der Waals surface area contributed by atoms with Crippen molar-refractivity contribution in [3.05, 3.63) is 18.3 Å². The van der Waals surface area contributed by atoms with Gasteiger partial charge in [0, 0.05) is 26.5 Å². The standard InChI is InChI=1S/C8H13N3O2S/c1-11(2)10-8-5-4-7(6-9-8)14(3,12)13/h4-6H,1-3H3,(H,9,10). The van der Waals surface area contributed by atoms with Gasteiger partial charge in [-0.15, -0.1) is 0 Å². The normalized spacial score (nSPS) is 11.7. The molecule has 0 radical (unpaired) electrons. The molecule has 0 unspecified atom stereocenters. The predicted octanol–water partition coefficient (Wildman–Crippen LogP) is 0.374. The van der Waals surface area contributed by atoms with Crippen LogP contribution in [0.1, 0.15) is 0 Å². The van der Waals surface area contributed by atoms with Gasteiger partial charge in [-0.3, -0.25) is 0 Å². The maximum atomic E-state index is 11.1. The molecule has 6 heteroatoms. The zero-order chi connectivity index (χ0) is 10.8. The molecule has 0 fully saturated rings. The molecule has 1 aromatic heterocycles. The van der Waals surface area contributed by atoms with Crippen LogP contribution in [-0.2, 0) is 9.84 Å². The van der Waals surface area contributed by atoms with Gasteiger partial charge in [-0.1, -0.05) is 0 Å². The predicted molar refractivity (Wildman–Crippen MR) is 54.7 cm³/mol. The van der Waals surface area contributed by atoms with Crippen molar-refractivity contribution in [3.63, 3.8) is 0 Å². The van der Waals surface area contributed by atoms with Crippen molar-refractivity contribution in [2.24, 2.45) is 0 Å². The minimum absolute atomic E-state index is 0.224. The molecule has 1 aromatic rings. The fourth-order valence-electron chi connectivity index (χ4n) is 0.895.